The second kappa shape index (κ2) is 14.5. The molecule has 4 heterocycles. The molecule has 5 aliphatic rings. The van der Waals surface area contributed by atoms with Gasteiger partial charge in [0, 0.05) is 36.3 Å². The van der Waals surface area contributed by atoms with Crippen LogP contribution < -0.4 is 19.5 Å². The number of amides is 4. The standard InChI is InChI=1S/C40H52FN5O9S/c1-23(2)21-45(37(50)51)30-12-10-8-6-7-9-11-25-18-40(25,36(49)44-56(52,53)38(4)15-16-38)43-34(47)31-20-39(22-46(31)35(30)48)19-28(41)32-27-17-26(54-5)13-14-29(27)42-24(3)33(32)55-39/h9,11,13-14,17,23,25,28,30-31H,6-8,10,12,15-16,18-22H2,1-5H3,(H,43,47)(H,44,49)(H,50,51)/b11-9-/t25-,28-,30+,31+,39-,40-/m1/s1. The summed E-state index contributed by atoms with van der Waals surface area (Å²) < 4.78 is 56.5. The van der Waals surface area contributed by atoms with Crippen LogP contribution in [0.5, 0.6) is 11.5 Å². The Kier molecular flexibility index (Phi) is 10.3. The van der Waals surface area contributed by atoms with Crippen molar-refractivity contribution in [3.8, 4) is 11.5 Å². The van der Waals surface area contributed by atoms with Gasteiger partial charge in [-0.1, -0.05) is 38.8 Å². The second-order valence-corrected chi connectivity index (χ2v) is 19.2. The fourth-order valence-electron chi connectivity index (χ4n) is 8.71. The van der Waals surface area contributed by atoms with Crippen molar-refractivity contribution in [1.82, 2.24) is 24.8 Å². The normalized spacial score (nSPS) is 30.5. The molecule has 1 aromatic heterocycles. The Balaban J connectivity index is 1.29. The molecule has 3 aliphatic heterocycles. The van der Waals surface area contributed by atoms with Crippen LogP contribution >= 0.6 is 0 Å². The molecule has 56 heavy (non-hydrogen) atoms. The van der Waals surface area contributed by atoms with Gasteiger partial charge in [0.1, 0.15) is 40.9 Å². The number of carboxylic acid groups (broad SMARTS) is 1. The van der Waals surface area contributed by atoms with Crippen molar-refractivity contribution < 1.29 is 46.6 Å². The highest BCUT2D eigenvalue weighted by atomic mass is 32.2. The van der Waals surface area contributed by atoms with E-state index in [1.54, 1.807) is 32.0 Å². The monoisotopic (exact) mass is 797 g/mol. The van der Waals surface area contributed by atoms with Crippen LogP contribution in [-0.2, 0) is 24.4 Å². The molecule has 304 valence electrons. The molecule has 0 unspecified atom stereocenters. The molecule has 0 bridgehead atoms. The van der Waals surface area contributed by atoms with Gasteiger partial charge < -0.3 is 24.8 Å². The number of carbonyl (C=O) groups excluding carboxylic acids is 3. The quantitative estimate of drug-likeness (QED) is 0.319. The molecule has 1 aromatic carbocycles. The maximum Gasteiger partial charge on any atom is 0.407 e. The first-order valence-electron chi connectivity index (χ1n) is 19.6. The molecule has 2 aliphatic carbocycles. The lowest BCUT2D eigenvalue weighted by molar-refractivity contribution is -0.143. The number of halogens is 1. The number of ether oxygens (including phenoxy) is 2. The average molecular weight is 798 g/mol. The van der Waals surface area contributed by atoms with Gasteiger partial charge in [-0.2, -0.15) is 0 Å². The number of sulfonamides is 1. The number of hydrogen-bond donors (Lipinski definition) is 3. The molecule has 14 nitrogen and oxygen atoms in total. The third kappa shape index (κ3) is 7.17. The highest BCUT2D eigenvalue weighted by Crippen LogP contribution is 2.52. The first-order chi connectivity index (χ1) is 26.4. The lowest BCUT2D eigenvalue weighted by atomic mass is 9.86. The van der Waals surface area contributed by atoms with E-state index in [2.05, 4.69) is 15.0 Å². The molecular weight excluding hydrogens is 746 g/mol. The number of benzene rings is 1. The maximum absolute atomic E-state index is 16.8. The number of nitrogens with zero attached hydrogens (tertiary/aromatic N) is 3. The molecule has 4 amide bonds. The summed E-state index contributed by atoms with van der Waals surface area (Å²) in [7, 11) is -2.54. The van der Waals surface area contributed by atoms with Crippen LogP contribution in [-0.4, -0.2) is 100 Å². The zero-order valence-electron chi connectivity index (χ0n) is 32.6. The molecule has 0 radical (unpaired) electrons. The van der Waals surface area contributed by atoms with Gasteiger partial charge in [-0.3, -0.25) is 24.0 Å². The first-order valence-corrected chi connectivity index (χ1v) is 21.1. The van der Waals surface area contributed by atoms with Crippen molar-refractivity contribution in [1.29, 1.82) is 0 Å². The van der Waals surface area contributed by atoms with E-state index in [4.69, 9.17) is 9.47 Å². The Hall–Kier alpha value is -4.47. The van der Waals surface area contributed by atoms with Crippen LogP contribution in [0.4, 0.5) is 9.18 Å². The third-order valence-electron chi connectivity index (χ3n) is 12.3. The zero-order chi connectivity index (χ0) is 40.4. The summed E-state index contributed by atoms with van der Waals surface area (Å²) in [5.41, 5.74) is -1.78. The molecule has 1 spiro atoms. The Morgan fingerprint density at radius 2 is 1.93 bits per heavy atom. The van der Waals surface area contributed by atoms with Crippen LogP contribution in [0.3, 0.4) is 0 Å². The number of pyridine rings is 1. The molecule has 3 N–H and O–H groups in total. The van der Waals surface area contributed by atoms with E-state index in [1.807, 2.05) is 26.0 Å². The van der Waals surface area contributed by atoms with Crippen molar-refractivity contribution in [2.45, 2.75) is 126 Å². The van der Waals surface area contributed by atoms with Gasteiger partial charge in [0.2, 0.25) is 21.8 Å². The van der Waals surface area contributed by atoms with E-state index in [9.17, 15) is 32.7 Å². The summed E-state index contributed by atoms with van der Waals surface area (Å²) >= 11 is 0. The van der Waals surface area contributed by atoms with Gasteiger partial charge in [-0.05, 0) is 76.5 Å². The number of rotatable bonds is 7. The third-order valence-corrected chi connectivity index (χ3v) is 14.5. The predicted octanol–water partition coefficient (Wildman–Crippen LogP) is 5.08. The van der Waals surface area contributed by atoms with Gasteiger partial charge in [-0.25, -0.2) is 22.6 Å². The molecule has 16 heteroatoms. The summed E-state index contributed by atoms with van der Waals surface area (Å²) in [6.07, 6.45) is 4.23. The Morgan fingerprint density at radius 3 is 2.61 bits per heavy atom. The average Bonchev–Trinajstić information content (AvgIpc) is 4.03. The fraction of sp³-hybridized carbons (Fsp3) is 0.625. The molecule has 3 fully saturated rings. The number of allylic oxidation sites excluding steroid dienone is 1. The van der Waals surface area contributed by atoms with Crippen LogP contribution in [0, 0.1) is 18.8 Å². The lowest BCUT2D eigenvalue weighted by Crippen LogP contribution is -2.59. The number of fused-ring (bicyclic) bond motifs is 5. The second-order valence-electron chi connectivity index (χ2n) is 17.0. The highest BCUT2D eigenvalue weighted by molar-refractivity contribution is 7.91. The summed E-state index contributed by atoms with van der Waals surface area (Å²) in [6.45, 7) is 6.80. The molecular formula is C40H52FN5O9S. The Labute approximate surface area is 326 Å². The minimum absolute atomic E-state index is 0.0700. The summed E-state index contributed by atoms with van der Waals surface area (Å²) in [5, 5.41) is 13.8. The molecule has 2 saturated carbocycles. The number of hydrogen-bond acceptors (Lipinski definition) is 9. The van der Waals surface area contributed by atoms with Crippen molar-refractivity contribution in [3.05, 3.63) is 41.6 Å². The van der Waals surface area contributed by atoms with Gasteiger partial charge in [0.05, 0.1) is 29.6 Å². The van der Waals surface area contributed by atoms with Crippen molar-refractivity contribution in [3.63, 3.8) is 0 Å². The maximum atomic E-state index is 16.8. The topological polar surface area (TPSA) is 185 Å². The van der Waals surface area contributed by atoms with E-state index >= 15 is 4.39 Å². The van der Waals surface area contributed by atoms with Crippen molar-refractivity contribution >= 4 is 44.7 Å². The van der Waals surface area contributed by atoms with Crippen LogP contribution in [0.15, 0.2) is 30.4 Å². The zero-order valence-corrected chi connectivity index (χ0v) is 33.4. The predicted molar refractivity (Wildman–Crippen MR) is 204 cm³/mol. The number of aryl methyl sites for hydroxylation is 1. The molecule has 7 rings (SSSR count). The molecule has 1 saturated heterocycles. The smallest absolute Gasteiger partial charge is 0.407 e. The van der Waals surface area contributed by atoms with E-state index in [0.717, 1.165) is 11.3 Å². The van der Waals surface area contributed by atoms with Crippen LogP contribution in [0.1, 0.15) is 102 Å². The molecule has 2 aromatic rings. The van der Waals surface area contributed by atoms with Crippen molar-refractivity contribution in [2.24, 2.45) is 11.8 Å². The van der Waals surface area contributed by atoms with E-state index in [0.29, 0.717) is 54.5 Å². The summed E-state index contributed by atoms with van der Waals surface area (Å²) in [4.78, 5) is 63.4. The molecule has 6 atom stereocenters. The Bertz CT molecular complexity index is 2090. The number of nitrogens with one attached hydrogen (secondary N) is 2. The SMILES string of the molecule is COc1ccc2nc(C)c3c(c2c1)[C@H](F)C[C@]1(C[C@H]2C(=O)N[C@]4(C(=O)NS(=O)(=O)C5(C)CC5)C[C@H]4/C=C\CCCCC[C@H](N(CC(C)C)C(=O)O)C(=O)N2C1)O3. The first kappa shape index (κ1) is 39.8. The fourth-order valence-corrected chi connectivity index (χ4v) is 10.0. The van der Waals surface area contributed by atoms with E-state index in [-0.39, 0.29) is 56.0 Å². The van der Waals surface area contributed by atoms with Crippen LogP contribution in [0.2, 0.25) is 0 Å². The van der Waals surface area contributed by atoms with Gasteiger partial charge in [0.25, 0.3) is 5.91 Å². The Morgan fingerprint density at radius 1 is 1.18 bits per heavy atom. The highest BCUT2D eigenvalue weighted by Gasteiger charge is 2.64. The van der Waals surface area contributed by atoms with Gasteiger partial charge >= 0.3 is 6.09 Å². The van der Waals surface area contributed by atoms with Crippen LogP contribution in [0.25, 0.3) is 10.9 Å². The lowest BCUT2D eigenvalue weighted by Gasteiger charge is -2.38. The minimum atomic E-state index is -4.05. The van der Waals surface area contributed by atoms with E-state index in [1.165, 1.54) is 12.0 Å². The summed E-state index contributed by atoms with van der Waals surface area (Å²) in [6, 6.07) is 2.71. The van der Waals surface area contributed by atoms with Gasteiger partial charge in [0.15, 0.2) is 0 Å². The largest absolute Gasteiger partial charge is 0.497 e. The summed E-state index contributed by atoms with van der Waals surface area (Å²) in [5.74, 6) is -2.12. The minimum Gasteiger partial charge on any atom is -0.497 e. The van der Waals surface area contributed by atoms with E-state index < -0.39 is 73.9 Å². The number of alkyl halides is 1. The number of aromatic nitrogens is 1. The van der Waals surface area contributed by atoms with Gasteiger partial charge in [-0.15, -0.1) is 0 Å². The number of carbonyl (C=O) groups is 4. The van der Waals surface area contributed by atoms with Crippen molar-refractivity contribution in [2.75, 3.05) is 20.2 Å². The number of methoxy groups -OCH3 is 1.